The lowest BCUT2D eigenvalue weighted by Crippen LogP contribution is -2.34. The number of hydrogen-bond donors (Lipinski definition) is 0. The molecule has 0 aliphatic carbocycles. The van der Waals surface area contributed by atoms with Gasteiger partial charge in [0, 0.05) is 26.4 Å². The van der Waals surface area contributed by atoms with E-state index in [1.54, 1.807) is 14.2 Å². The number of aryl methyl sites for hydroxylation is 1. The summed E-state index contributed by atoms with van der Waals surface area (Å²) in [5, 5.41) is 0. The molecule has 1 aromatic carbocycles. The molecule has 0 saturated heterocycles. The number of aromatic nitrogens is 1. The van der Waals surface area contributed by atoms with Gasteiger partial charge in [-0.25, -0.2) is 4.57 Å². The maximum Gasteiger partial charge on any atom is 0.194 e. The van der Waals surface area contributed by atoms with Crippen LogP contribution in [0.5, 0.6) is 5.75 Å². The largest absolute Gasteiger partial charge is 0.485 e. The average molecular weight is 328 g/mol. The minimum atomic E-state index is -0.367. The predicted octanol–water partition coefficient (Wildman–Crippen LogP) is 3.46. The van der Waals surface area contributed by atoms with Crippen molar-refractivity contribution in [1.29, 1.82) is 0 Å². The van der Waals surface area contributed by atoms with E-state index in [2.05, 4.69) is 24.3 Å². The first-order valence-corrected chi connectivity index (χ1v) is 8.12. The quantitative estimate of drug-likeness (QED) is 0.549. The minimum Gasteiger partial charge on any atom is -0.485 e. The van der Waals surface area contributed by atoms with Crippen molar-refractivity contribution in [2.45, 2.75) is 25.7 Å². The molecule has 0 aliphatic heterocycles. The van der Waals surface area contributed by atoms with Gasteiger partial charge in [-0.3, -0.25) is 0 Å². The van der Waals surface area contributed by atoms with Crippen LogP contribution >= 0.6 is 0 Å². The Morgan fingerprint density at radius 3 is 1.96 bits per heavy atom. The minimum absolute atomic E-state index is 0.133. The van der Waals surface area contributed by atoms with Gasteiger partial charge in [0.05, 0.1) is 0 Å². The van der Waals surface area contributed by atoms with Crippen LogP contribution in [0.2, 0.25) is 0 Å². The number of rotatable bonds is 8. The summed E-state index contributed by atoms with van der Waals surface area (Å²) in [6.45, 7) is 2.05. The van der Waals surface area contributed by atoms with E-state index in [0.717, 1.165) is 17.7 Å². The Morgan fingerprint density at radius 1 is 0.917 bits per heavy atom. The van der Waals surface area contributed by atoms with Crippen molar-refractivity contribution in [1.82, 2.24) is 0 Å². The molecule has 24 heavy (non-hydrogen) atoms. The SMILES string of the molecule is CCC(Oc1ccc(/C=C/c2cc[n+](C)cc2)cc1)C(OC)OC. The second-order valence-electron chi connectivity index (χ2n) is 5.60. The number of methoxy groups -OCH3 is 2. The zero-order valence-corrected chi connectivity index (χ0v) is 14.8. The normalized spacial score (nSPS) is 12.7. The third-order valence-corrected chi connectivity index (χ3v) is 3.81. The van der Waals surface area contributed by atoms with Crippen LogP contribution in [0, 0.1) is 0 Å². The Hall–Kier alpha value is -2.17. The van der Waals surface area contributed by atoms with Crippen molar-refractivity contribution in [3.05, 3.63) is 59.9 Å². The monoisotopic (exact) mass is 328 g/mol. The molecule has 0 radical (unpaired) electrons. The van der Waals surface area contributed by atoms with E-state index in [1.165, 1.54) is 5.56 Å². The van der Waals surface area contributed by atoms with Gasteiger partial charge in [0.25, 0.3) is 0 Å². The van der Waals surface area contributed by atoms with Crippen LogP contribution < -0.4 is 9.30 Å². The fourth-order valence-electron chi connectivity index (χ4n) is 2.38. The first-order valence-electron chi connectivity index (χ1n) is 8.12. The third-order valence-electron chi connectivity index (χ3n) is 3.81. The van der Waals surface area contributed by atoms with Crippen LogP contribution in [0.25, 0.3) is 12.2 Å². The first kappa shape index (κ1) is 18.2. The molecule has 1 heterocycles. The van der Waals surface area contributed by atoms with Gasteiger partial charge in [0.2, 0.25) is 0 Å². The maximum atomic E-state index is 5.96. The Bertz CT molecular complexity index is 631. The molecule has 0 fully saturated rings. The van der Waals surface area contributed by atoms with Crippen LogP contribution in [-0.4, -0.2) is 26.6 Å². The molecule has 128 valence electrons. The molecule has 1 unspecified atom stereocenters. The van der Waals surface area contributed by atoms with Crippen LogP contribution in [0.15, 0.2) is 48.8 Å². The van der Waals surface area contributed by atoms with E-state index in [9.17, 15) is 0 Å². The molecule has 4 nitrogen and oxygen atoms in total. The molecule has 4 heteroatoms. The highest BCUT2D eigenvalue weighted by Gasteiger charge is 2.20. The van der Waals surface area contributed by atoms with Crippen LogP contribution in [0.1, 0.15) is 24.5 Å². The first-order chi connectivity index (χ1) is 11.7. The van der Waals surface area contributed by atoms with Gasteiger partial charge in [-0.1, -0.05) is 31.2 Å². The summed E-state index contributed by atoms with van der Waals surface area (Å²) in [6.07, 6.45) is 8.55. The molecule has 0 aliphatic rings. The van der Waals surface area contributed by atoms with E-state index >= 15 is 0 Å². The smallest absolute Gasteiger partial charge is 0.194 e. The summed E-state index contributed by atoms with van der Waals surface area (Å²) in [7, 11) is 5.25. The number of benzene rings is 1. The molecule has 0 bridgehead atoms. The third kappa shape index (κ3) is 5.18. The lowest BCUT2D eigenvalue weighted by molar-refractivity contribution is -0.671. The van der Waals surface area contributed by atoms with Gasteiger partial charge < -0.3 is 14.2 Å². The van der Waals surface area contributed by atoms with Crippen molar-refractivity contribution >= 4 is 12.2 Å². The molecule has 1 aromatic heterocycles. The van der Waals surface area contributed by atoms with E-state index in [-0.39, 0.29) is 12.4 Å². The molecule has 2 rings (SSSR count). The zero-order valence-electron chi connectivity index (χ0n) is 14.8. The van der Waals surface area contributed by atoms with E-state index in [0.29, 0.717) is 0 Å². The van der Waals surface area contributed by atoms with Crippen molar-refractivity contribution in [2.75, 3.05) is 14.2 Å². The summed E-state index contributed by atoms with van der Waals surface area (Å²) in [5.74, 6) is 0.810. The van der Waals surface area contributed by atoms with Gasteiger partial charge in [-0.2, -0.15) is 0 Å². The second-order valence-corrected chi connectivity index (χ2v) is 5.60. The van der Waals surface area contributed by atoms with E-state index < -0.39 is 0 Å². The molecule has 0 spiro atoms. The van der Waals surface area contributed by atoms with Gasteiger partial charge in [-0.15, -0.1) is 0 Å². The van der Waals surface area contributed by atoms with Crippen molar-refractivity contribution in [2.24, 2.45) is 7.05 Å². The Morgan fingerprint density at radius 2 is 1.46 bits per heavy atom. The molecular weight excluding hydrogens is 302 g/mol. The van der Waals surface area contributed by atoms with Gasteiger partial charge in [-0.05, 0) is 29.7 Å². The molecule has 0 saturated carbocycles. The summed E-state index contributed by atoms with van der Waals surface area (Å²) >= 11 is 0. The van der Waals surface area contributed by atoms with E-state index in [4.69, 9.17) is 14.2 Å². The van der Waals surface area contributed by atoms with Gasteiger partial charge in [0.1, 0.15) is 18.9 Å². The Balaban J connectivity index is 2.00. The highest BCUT2D eigenvalue weighted by molar-refractivity contribution is 5.69. The van der Waals surface area contributed by atoms with E-state index in [1.807, 2.05) is 55.2 Å². The maximum absolute atomic E-state index is 5.96. The zero-order chi connectivity index (χ0) is 17.4. The molecule has 0 amide bonds. The fourth-order valence-corrected chi connectivity index (χ4v) is 2.38. The molecule has 1 atom stereocenters. The number of ether oxygens (including phenoxy) is 3. The number of pyridine rings is 1. The fraction of sp³-hybridized carbons (Fsp3) is 0.350. The molecule has 2 aromatic rings. The van der Waals surface area contributed by atoms with Crippen LogP contribution in [0.4, 0.5) is 0 Å². The Kier molecular flexibility index (Phi) is 6.97. The van der Waals surface area contributed by atoms with Crippen LogP contribution in [-0.2, 0) is 16.5 Å². The molecular formula is C20H26NO3+. The summed E-state index contributed by atoms with van der Waals surface area (Å²) < 4.78 is 18.5. The number of hydrogen-bond acceptors (Lipinski definition) is 3. The molecule has 0 N–H and O–H groups in total. The van der Waals surface area contributed by atoms with Gasteiger partial charge in [0.15, 0.2) is 18.7 Å². The Labute approximate surface area is 144 Å². The second kappa shape index (κ2) is 9.21. The van der Waals surface area contributed by atoms with Crippen molar-refractivity contribution in [3.63, 3.8) is 0 Å². The lowest BCUT2D eigenvalue weighted by Gasteiger charge is -2.24. The summed E-state index contributed by atoms with van der Waals surface area (Å²) in [5.41, 5.74) is 2.29. The lowest BCUT2D eigenvalue weighted by atomic mass is 10.1. The predicted molar refractivity (Wildman–Crippen MR) is 95.5 cm³/mol. The summed E-state index contributed by atoms with van der Waals surface area (Å²) in [6, 6.07) is 12.2. The van der Waals surface area contributed by atoms with Gasteiger partial charge >= 0.3 is 0 Å². The van der Waals surface area contributed by atoms with Crippen molar-refractivity contribution in [3.8, 4) is 5.75 Å². The highest BCUT2D eigenvalue weighted by atomic mass is 16.7. The van der Waals surface area contributed by atoms with Crippen molar-refractivity contribution < 1.29 is 18.8 Å². The number of nitrogens with zero attached hydrogens (tertiary/aromatic N) is 1. The van der Waals surface area contributed by atoms with Crippen LogP contribution in [0.3, 0.4) is 0 Å². The standard InChI is InChI=1S/C20H26NO3/c1-5-19(20(22-3)23-4)24-18-10-8-16(9-11-18)6-7-17-12-14-21(2)15-13-17/h6-15,19-20H,5H2,1-4H3/q+1/b7-6+. The topological polar surface area (TPSA) is 31.6 Å². The highest BCUT2D eigenvalue weighted by Crippen LogP contribution is 2.19. The summed E-state index contributed by atoms with van der Waals surface area (Å²) in [4.78, 5) is 0. The average Bonchev–Trinajstić information content (AvgIpc) is 2.62.